The molecule has 2 aromatic carbocycles. The molecule has 0 bridgehead atoms. The highest BCUT2D eigenvalue weighted by Crippen LogP contribution is 2.42. The lowest BCUT2D eigenvalue weighted by Crippen LogP contribution is -2.49. The minimum Gasteiger partial charge on any atom is -0.493 e. The Balaban J connectivity index is 1.66. The summed E-state index contributed by atoms with van der Waals surface area (Å²) in [5.74, 6) is 1.58. The number of hydrogen-bond donors (Lipinski definition) is 2. The highest BCUT2D eigenvalue weighted by atomic mass is 16.5. The van der Waals surface area contributed by atoms with E-state index in [0.717, 1.165) is 81.0 Å². The van der Waals surface area contributed by atoms with Gasteiger partial charge in [-0.05, 0) is 41.7 Å². The highest BCUT2D eigenvalue weighted by molar-refractivity contribution is 5.68. The average molecular weight is 425 g/mol. The van der Waals surface area contributed by atoms with Crippen LogP contribution in [0, 0.1) is 0 Å². The van der Waals surface area contributed by atoms with E-state index in [1.165, 1.54) is 12.0 Å². The molecule has 1 saturated carbocycles. The van der Waals surface area contributed by atoms with Gasteiger partial charge in [0.2, 0.25) is 0 Å². The summed E-state index contributed by atoms with van der Waals surface area (Å²) in [6, 6.07) is 14.8. The molecule has 1 saturated heterocycles. The van der Waals surface area contributed by atoms with Crippen molar-refractivity contribution in [3.8, 4) is 22.6 Å². The molecule has 2 aliphatic rings. The molecular weight excluding hydrogens is 388 g/mol. The Hall–Kier alpha value is -2.08. The number of hydrogen-bond acceptors (Lipinski definition) is 5. The molecule has 168 valence electrons. The zero-order valence-corrected chi connectivity index (χ0v) is 18.9. The second-order valence-electron chi connectivity index (χ2n) is 8.96. The van der Waals surface area contributed by atoms with Gasteiger partial charge in [-0.25, -0.2) is 0 Å². The van der Waals surface area contributed by atoms with Gasteiger partial charge in [-0.2, -0.15) is 0 Å². The number of aliphatic hydroxyl groups is 1. The van der Waals surface area contributed by atoms with E-state index in [4.69, 9.17) is 9.47 Å². The number of nitrogens with one attached hydrogen (secondary N) is 1. The van der Waals surface area contributed by atoms with Crippen molar-refractivity contribution in [2.75, 3.05) is 46.9 Å². The molecule has 31 heavy (non-hydrogen) atoms. The summed E-state index contributed by atoms with van der Waals surface area (Å²) >= 11 is 0. The van der Waals surface area contributed by atoms with Crippen molar-refractivity contribution in [2.45, 2.75) is 43.6 Å². The van der Waals surface area contributed by atoms with Crippen LogP contribution in [0.3, 0.4) is 0 Å². The van der Waals surface area contributed by atoms with E-state index in [2.05, 4.69) is 40.5 Å². The molecule has 0 aromatic heterocycles. The fourth-order valence-electron chi connectivity index (χ4n) is 5.20. The lowest BCUT2D eigenvalue weighted by atomic mass is 9.72. The fraction of sp³-hybridized carbons (Fsp3) is 0.538. The van der Waals surface area contributed by atoms with Crippen molar-refractivity contribution in [1.82, 2.24) is 10.2 Å². The second-order valence-corrected chi connectivity index (χ2v) is 8.96. The van der Waals surface area contributed by atoms with Crippen molar-refractivity contribution >= 4 is 0 Å². The van der Waals surface area contributed by atoms with E-state index in [9.17, 15) is 5.11 Å². The maximum atomic E-state index is 11.7. The Kier molecular flexibility index (Phi) is 7.16. The minimum atomic E-state index is -0.626. The zero-order chi connectivity index (χ0) is 21.7. The molecule has 2 aromatic rings. The minimum absolute atomic E-state index is 0.117. The first-order valence-corrected chi connectivity index (χ1v) is 11.6. The Bertz CT molecular complexity index is 857. The van der Waals surface area contributed by atoms with E-state index in [1.807, 2.05) is 12.1 Å². The third-order valence-corrected chi connectivity index (χ3v) is 7.02. The van der Waals surface area contributed by atoms with Crippen LogP contribution in [-0.4, -0.2) is 62.6 Å². The van der Waals surface area contributed by atoms with Crippen LogP contribution in [0.25, 0.3) is 11.1 Å². The van der Waals surface area contributed by atoms with Crippen molar-refractivity contribution in [3.05, 3.63) is 48.0 Å². The molecule has 2 fully saturated rings. The van der Waals surface area contributed by atoms with E-state index >= 15 is 0 Å². The van der Waals surface area contributed by atoms with E-state index in [0.29, 0.717) is 0 Å². The van der Waals surface area contributed by atoms with E-state index in [-0.39, 0.29) is 5.92 Å². The molecule has 1 aliphatic heterocycles. The highest BCUT2D eigenvalue weighted by Gasteiger charge is 2.39. The largest absolute Gasteiger partial charge is 0.493 e. The van der Waals surface area contributed by atoms with Gasteiger partial charge in [0.15, 0.2) is 11.5 Å². The van der Waals surface area contributed by atoms with Crippen molar-refractivity contribution in [2.24, 2.45) is 0 Å². The standard InChI is InChI=1S/C26H36N2O3/c1-30-24-10-9-21(18-25(24)31-2)20-7-6-8-22(17-20)23(19-28-15-13-27-14-16-28)26(29)11-4-3-5-12-26/h6-10,17-18,23,27,29H,3-5,11-16,19H2,1-2H3. The maximum absolute atomic E-state index is 11.7. The van der Waals surface area contributed by atoms with Gasteiger partial charge in [0.1, 0.15) is 0 Å². The number of nitrogens with zero attached hydrogens (tertiary/aromatic N) is 1. The number of methoxy groups -OCH3 is 2. The molecule has 1 atom stereocenters. The number of rotatable bonds is 7. The molecule has 0 spiro atoms. The Labute approximate surface area is 186 Å². The van der Waals surface area contributed by atoms with Gasteiger partial charge >= 0.3 is 0 Å². The predicted molar refractivity (Wildman–Crippen MR) is 125 cm³/mol. The molecule has 1 aliphatic carbocycles. The molecule has 5 heteroatoms. The lowest BCUT2D eigenvalue weighted by molar-refractivity contribution is -0.0316. The van der Waals surface area contributed by atoms with Gasteiger partial charge in [0, 0.05) is 38.6 Å². The van der Waals surface area contributed by atoms with Crippen LogP contribution in [0.2, 0.25) is 0 Å². The summed E-state index contributed by atoms with van der Waals surface area (Å²) in [5, 5.41) is 15.2. The molecule has 1 unspecified atom stereocenters. The van der Waals surface area contributed by atoms with Crippen molar-refractivity contribution < 1.29 is 14.6 Å². The van der Waals surface area contributed by atoms with Crippen LogP contribution in [0.15, 0.2) is 42.5 Å². The van der Waals surface area contributed by atoms with Gasteiger partial charge in [-0.3, -0.25) is 0 Å². The third-order valence-electron chi connectivity index (χ3n) is 7.02. The summed E-state index contributed by atoms with van der Waals surface area (Å²) in [6.45, 7) is 5.05. The second kappa shape index (κ2) is 10.0. The molecule has 1 heterocycles. The lowest BCUT2D eigenvalue weighted by Gasteiger charge is -2.42. The molecule has 0 amide bonds. The van der Waals surface area contributed by atoms with Crippen LogP contribution in [0.1, 0.15) is 43.6 Å². The SMILES string of the molecule is COc1ccc(-c2cccc(C(CN3CCNCC3)C3(O)CCCCC3)c2)cc1OC. The Morgan fingerprint density at radius 3 is 2.35 bits per heavy atom. The van der Waals surface area contributed by atoms with Gasteiger partial charge in [-0.15, -0.1) is 0 Å². The number of piperazine rings is 1. The molecular formula is C26H36N2O3. The first-order chi connectivity index (χ1) is 15.1. The van der Waals surface area contributed by atoms with Gasteiger partial charge in [0.25, 0.3) is 0 Å². The Morgan fingerprint density at radius 2 is 1.65 bits per heavy atom. The van der Waals surface area contributed by atoms with Crippen LogP contribution in [0.4, 0.5) is 0 Å². The summed E-state index contributed by atoms with van der Waals surface area (Å²) in [4.78, 5) is 2.51. The summed E-state index contributed by atoms with van der Waals surface area (Å²) in [6.07, 6.45) is 5.25. The third kappa shape index (κ3) is 5.05. The van der Waals surface area contributed by atoms with Crippen molar-refractivity contribution in [3.63, 3.8) is 0 Å². The summed E-state index contributed by atoms with van der Waals surface area (Å²) < 4.78 is 10.9. The summed E-state index contributed by atoms with van der Waals surface area (Å²) in [5.41, 5.74) is 2.84. The smallest absolute Gasteiger partial charge is 0.161 e. The predicted octanol–water partition coefficient (Wildman–Crippen LogP) is 4.05. The molecule has 2 N–H and O–H groups in total. The van der Waals surface area contributed by atoms with E-state index in [1.54, 1.807) is 14.2 Å². The van der Waals surface area contributed by atoms with Crippen LogP contribution in [-0.2, 0) is 0 Å². The topological polar surface area (TPSA) is 54.0 Å². The molecule has 4 rings (SSSR count). The van der Waals surface area contributed by atoms with Crippen molar-refractivity contribution in [1.29, 1.82) is 0 Å². The van der Waals surface area contributed by atoms with Gasteiger partial charge in [-0.1, -0.05) is 49.6 Å². The van der Waals surface area contributed by atoms with Gasteiger partial charge in [0.05, 0.1) is 19.8 Å². The first-order valence-electron chi connectivity index (χ1n) is 11.6. The average Bonchev–Trinajstić information content (AvgIpc) is 2.83. The van der Waals surface area contributed by atoms with Crippen LogP contribution >= 0.6 is 0 Å². The monoisotopic (exact) mass is 424 g/mol. The maximum Gasteiger partial charge on any atom is 0.161 e. The summed E-state index contributed by atoms with van der Waals surface area (Å²) in [7, 11) is 3.32. The van der Waals surface area contributed by atoms with Crippen LogP contribution < -0.4 is 14.8 Å². The number of ether oxygens (including phenoxy) is 2. The fourth-order valence-corrected chi connectivity index (χ4v) is 5.20. The number of benzene rings is 2. The molecule has 0 radical (unpaired) electrons. The Morgan fingerprint density at radius 1 is 0.935 bits per heavy atom. The zero-order valence-electron chi connectivity index (χ0n) is 18.9. The normalized spacial score (nSPS) is 20.2. The first kappa shape index (κ1) is 22.1. The van der Waals surface area contributed by atoms with Gasteiger partial charge < -0.3 is 24.8 Å². The van der Waals surface area contributed by atoms with E-state index < -0.39 is 5.60 Å². The van der Waals surface area contributed by atoms with Crippen LogP contribution in [0.5, 0.6) is 11.5 Å². The quantitative estimate of drug-likeness (QED) is 0.702. The molecule has 5 nitrogen and oxygen atoms in total.